The molecule has 0 amide bonds. The molecule has 3 fully saturated rings. The topological polar surface area (TPSA) is 0 Å². The largest absolute Gasteiger partial charge is 0.172 e. The number of thiol groups is 1. The Morgan fingerprint density at radius 1 is 0.667 bits per heavy atom. The van der Waals surface area contributed by atoms with Gasteiger partial charge in [0.05, 0.1) is 7.85 Å². The molecule has 4 rings (SSSR count). The predicted octanol–water partition coefficient (Wildman–Crippen LogP) is 16.6. The number of hydrogen-bond donors (Lipinski definition) is 1. The number of rotatable bonds is 26. The number of unbranched alkanes of at least 4 members (excludes halogenated alkanes) is 19. The molecule has 0 bridgehead atoms. The normalized spacial score (nSPS) is 34.4. The Labute approximate surface area is 328 Å². The molecule has 0 aromatic carbocycles. The van der Waals surface area contributed by atoms with Crippen molar-refractivity contribution in [3.63, 3.8) is 0 Å². The van der Waals surface area contributed by atoms with Crippen LogP contribution in [0.5, 0.6) is 0 Å². The summed E-state index contributed by atoms with van der Waals surface area (Å²) in [7, 11) is 7.86. The third-order valence-corrected chi connectivity index (χ3v) is 17.8. The Morgan fingerprint density at radius 3 is 1.73 bits per heavy atom. The van der Waals surface area contributed by atoms with Crippen LogP contribution in [0.3, 0.4) is 0 Å². The lowest BCUT2D eigenvalue weighted by Crippen LogP contribution is -2.61. The van der Waals surface area contributed by atoms with E-state index in [2.05, 4.69) is 47.6 Å². The van der Waals surface area contributed by atoms with Crippen molar-refractivity contribution < 1.29 is 0 Å². The second kappa shape index (κ2) is 21.5. The summed E-state index contributed by atoms with van der Waals surface area (Å²) in [5.41, 5.74) is 2.25. The summed E-state index contributed by atoms with van der Waals surface area (Å²) in [6.07, 6.45) is 47.7. The number of hydrogen-bond acceptors (Lipinski definition) is 1. The zero-order valence-electron chi connectivity index (χ0n) is 35.6. The standard InChI is InChI=1S/C49H89BS/c1-7-10-12-14-15-16-17-18-19-20-21-22-23-24-25-26-27-29-40(4)44-34-36-49(51)45-32-31-43-39-42(41(9-3)30-28-13-11-8-2)33-35-46(43,5)48(45,50)38-37-47(44,49)6/h31,40-42,44-45,51H,7-30,32-39H2,1-6H3/t40-,41?,42?,44?,45?,46+,47-,48-,49-/m1/s1. The molecule has 2 heteroatoms. The van der Waals surface area contributed by atoms with Crippen LogP contribution >= 0.6 is 12.6 Å². The molecule has 4 aliphatic rings. The minimum absolute atomic E-state index is 0.0836. The van der Waals surface area contributed by atoms with E-state index in [-0.39, 0.29) is 15.5 Å². The lowest BCUT2D eigenvalue weighted by molar-refractivity contribution is -0.0248. The molecule has 51 heavy (non-hydrogen) atoms. The van der Waals surface area contributed by atoms with Crippen LogP contribution in [-0.4, -0.2) is 12.6 Å². The molecule has 0 heterocycles. The van der Waals surface area contributed by atoms with Crippen LogP contribution in [-0.2, 0) is 0 Å². The van der Waals surface area contributed by atoms with Gasteiger partial charge in [-0.05, 0) is 85.4 Å². The Morgan fingerprint density at radius 2 is 1.18 bits per heavy atom. The first-order valence-electron chi connectivity index (χ1n) is 23.8. The van der Waals surface area contributed by atoms with Crippen LogP contribution in [0.15, 0.2) is 11.6 Å². The minimum atomic E-state index is -0.0855. The molecule has 0 aromatic heterocycles. The van der Waals surface area contributed by atoms with Gasteiger partial charge >= 0.3 is 0 Å². The highest BCUT2D eigenvalue weighted by Gasteiger charge is 2.69. The van der Waals surface area contributed by atoms with Gasteiger partial charge in [0.15, 0.2) is 0 Å². The molecular formula is C49H89BS. The van der Waals surface area contributed by atoms with Gasteiger partial charge in [-0.3, -0.25) is 0 Å². The van der Waals surface area contributed by atoms with E-state index in [1.807, 2.05) is 0 Å². The molecule has 294 valence electrons. The van der Waals surface area contributed by atoms with Gasteiger partial charge in [-0.15, -0.1) is 0 Å². The summed E-state index contributed by atoms with van der Waals surface area (Å²) in [4.78, 5) is 0. The number of allylic oxidation sites excluding steroid dienone is 2. The van der Waals surface area contributed by atoms with Gasteiger partial charge in [0.2, 0.25) is 0 Å². The van der Waals surface area contributed by atoms with E-state index < -0.39 is 0 Å². The van der Waals surface area contributed by atoms with Gasteiger partial charge in [-0.1, -0.05) is 219 Å². The molecule has 0 aliphatic heterocycles. The average molecular weight is 721 g/mol. The van der Waals surface area contributed by atoms with Crippen molar-refractivity contribution >= 4 is 20.5 Å². The smallest absolute Gasteiger partial charge is 0.0762 e. The van der Waals surface area contributed by atoms with Crippen LogP contribution in [0.1, 0.15) is 247 Å². The second-order valence-electron chi connectivity index (χ2n) is 19.8. The van der Waals surface area contributed by atoms with Crippen LogP contribution in [0.4, 0.5) is 0 Å². The maximum atomic E-state index is 7.86. The first-order valence-corrected chi connectivity index (χ1v) is 24.3. The number of fused-ring (bicyclic) bond motifs is 5. The van der Waals surface area contributed by atoms with Gasteiger partial charge in [0, 0.05) is 4.75 Å². The third kappa shape index (κ3) is 10.5. The maximum Gasteiger partial charge on any atom is 0.0762 e. The van der Waals surface area contributed by atoms with Crippen molar-refractivity contribution in [3.8, 4) is 0 Å². The predicted molar refractivity (Wildman–Crippen MR) is 232 cm³/mol. The molecule has 0 aromatic rings. The van der Waals surface area contributed by atoms with Crippen molar-refractivity contribution in [1.29, 1.82) is 0 Å². The zero-order valence-corrected chi connectivity index (χ0v) is 36.5. The third-order valence-electron chi connectivity index (χ3n) is 16.8. The molecular weight excluding hydrogens is 631 g/mol. The molecule has 4 aliphatic carbocycles. The molecule has 2 radical (unpaired) electrons. The first-order chi connectivity index (χ1) is 24.6. The molecule has 4 unspecified atom stereocenters. The molecule has 0 saturated heterocycles. The molecule has 3 saturated carbocycles. The summed E-state index contributed by atoms with van der Waals surface area (Å²) in [5.74, 6) is 3.93. The van der Waals surface area contributed by atoms with Crippen molar-refractivity contribution in [2.45, 2.75) is 257 Å². The van der Waals surface area contributed by atoms with Gasteiger partial charge in [0.1, 0.15) is 0 Å². The maximum absolute atomic E-state index is 7.86. The Hall–Kier alpha value is 0.155. The zero-order chi connectivity index (χ0) is 36.8. The fourth-order valence-corrected chi connectivity index (χ4v) is 13.8. The van der Waals surface area contributed by atoms with Gasteiger partial charge in [0.25, 0.3) is 0 Å². The molecule has 0 N–H and O–H groups in total. The highest BCUT2D eigenvalue weighted by atomic mass is 32.1. The monoisotopic (exact) mass is 721 g/mol. The van der Waals surface area contributed by atoms with Crippen molar-refractivity contribution in [3.05, 3.63) is 11.6 Å². The van der Waals surface area contributed by atoms with Crippen LogP contribution in [0.25, 0.3) is 0 Å². The Kier molecular flexibility index (Phi) is 18.5. The summed E-state index contributed by atoms with van der Waals surface area (Å²) in [6, 6.07) is 0. The average Bonchev–Trinajstić information content (AvgIpc) is 3.40. The van der Waals surface area contributed by atoms with E-state index in [0.29, 0.717) is 11.3 Å². The SMILES string of the molecule is [B][C@]12CC[C@]3(C)C([C@H](C)CCCCCCCCCCCCCCCCCCC)CC[C@@]3(S)C1CC=C1CC(C(CC)CCCCCC)CC[C@@]12C. The summed E-state index contributed by atoms with van der Waals surface area (Å²) in [5, 5.41) is -0.0855. The first kappa shape index (κ1) is 43.9. The fraction of sp³-hybridized carbons (Fsp3) is 0.959. The Bertz CT molecular complexity index is 1000. The fourth-order valence-electron chi connectivity index (χ4n) is 13.1. The molecule has 0 nitrogen and oxygen atoms in total. The summed E-state index contributed by atoms with van der Waals surface area (Å²) < 4.78 is 0.0836. The molecule has 0 spiro atoms. The van der Waals surface area contributed by atoms with E-state index in [1.165, 1.54) is 205 Å². The van der Waals surface area contributed by atoms with Crippen LogP contribution in [0, 0.1) is 40.4 Å². The van der Waals surface area contributed by atoms with Crippen molar-refractivity contribution in [2.75, 3.05) is 0 Å². The van der Waals surface area contributed by atoms with E-state index >= 15 is 0 Å². The van der Waals surface area contributed by atoms with E-state index in [4.69, 9.17) is 20.5 Å². The van der Waals surface area contributed by atoms with Crippen molar-refractivity contribution in [1.82, 2.24) is 0 Å². The second-order valence-corrected chi connectivity index (χ2v) is 20.6. The highest BCUT2D eigenvalue weighted by Crippen LogP contribution is 2.77. The van der Waals surface area contributed by atoms with Gasteiger partial charge in [-0.2, -0.15) is 12.6 Å². The van der Waals surface area contributed by atoms with E-state index in [0.717, 1.165) is 23.7 Å². The summed E-state index contributed by atoms with van der Waals surface area (Å²) >= 11 is 5.84. The van der Waals surface area contributed by atoms with Crippen LogP contribution in [0.2, 0.25) is 5.31 Å². The van der Waals surface area contributed by atoms with Gasteiger partial charge in [-0.25, -0.2) is 0 Å². The summed E-state index contributed by atoms with van der Waals surface area (Å²) in [6.45, 7) is 15.0. The lowest BCUT2D eigenvalue weighted by atomic mass is 9.33. The van der Waals surface area contributed by atoms with E-state index in [1.54, 1.807) is 5.57 Å². The lowest BCUT2D eigenvalue weighted by Gasteiger charge is -2.68. The van der Waals surface area contributed by atoms with Crippen LogP contribution < -0.4 is 0 Å². The van der Waals surface area contributed by atoms with Gasteiger partial charge < -0.3 is 0 Å². The van der Waals surface area contributed by atoms with E-state index in [9.17, 15) is 0 Å². The Balaban J connectivity index is 1.17. The quantitative estimate of drug-likeness (QED) is 0.0391. The molecule has 9 atom stereocenters. The highest BCUT2D eigenvalue weighted by molar-refractivity contribution is 7.82. The minimum Gasteiger partial charge on any atom is -0.172 e. The van der Waals surface area contributed by atoms with Crippen molar-refractivity contribution in [2.24, 2.45) is 40.4 Å².